The van der Waals surface area contributed by atoms with Gasteiger partial charge in [-0.2, -0.15) is 0 Å². The summed E-state index contributed by atoms with van der Waals surface area (Å²) in [5.41, 5.74) is 1.09. The lowest BCUT2D eigenvalue weighted by atomic mass is 9.92. The molecule has 3 rings (SSSR count). The molecule has 2 nitrogen and oxygen atoms in total. The molecule has 1 N–H and O–H groups in total. The molecule has 1 aliphatic heterocycles. The van der Waals surface area contributed by atoms with E-state index in [0.29, 0.717) is 18.1 Å². The van der Waals surface area contributed by atoms with Gasteiger partial charge in [-0.15, -0.1) is 0 Å². The number of halogens is 2. The summed E-state index contributed by atoms with van der Waals surface area (Å²) in [4.78, 5) is 2.44. The number of nitrogens with zero attached hydrogens (tertiary/aromatic N) is 1. The van der Waals surface area contributed by atoms with Crippen LogP contribution >= 0.6 is 15.9 Å². The van der Waals surface area contributed by atoms with Crippen LogP contribution in [0.25, 0.3) is 0 Å². The van der Waals surface area contributed by atoms with E-state index in [-0.39, 0.29) is 5.82 Å². The van der Waals surface area contributed by atoms with Crippen molar-refractivity contribution in [1.29, 1.82) is 0 Å². The summed E-state index contributed by atoms with van der Waals surface area (Å²) in [7, 11) is 0. The second kappa shape index (κ2) is 5.74. The van der Waals surface area contributed by atoms with E-state index >= 15 is 0 Å². The molecule has 1 saturated heterocycles. The van der Waals surface area contributed by atoms with Crippen LogP contribution in [-0.2, 0) is 6.54 Å². The molecule has 0 aromatic heterocycles. The summed E-state index contributed by atoms with van der Waals surface area (Å²) in [5.74, 6) is -0.106. The summed E-state index contributed by atoms with van der Waals surface area (Å²) >= 11 is 3.32. The molecule has 1 spiro atoms. The predicted octanol–water partition coefficient (Wildman–Crippen LogP) is 3.69. The van der Waals surface area contributed by atoms with E-state index in [1.54, 1.807) is 6.07 Å². The summed E-state index contributed by atoms with van der Waals surface area (Å²) < 4.78 is 14.8. The fourth-order valence-electron chi connectivity index (χ4n) is 3.56. The van der Waals surface area contributed by atoms with Crippen molar-refractivity contribution in [1.82, 2.24) is 10.2 Å². The van der Waals surface area contributed by atoms with Crippen LogP contribution in [0.5, 0.6) is 0 Å². The Hall–Kier alpha value is -0.450. The van der Waals surface area contributed by atoms with Crippen molar-refractivity contribution < 1.29 is 4.39 Å². The highest BCUT2D eigenvalue weighted by molar-refractivity contribution is 9.10. The number of benzene rings is 1. The standard InChI is InChI=1S/C16H22BrFN2/c1-12-9-19-16(6-2-3-7-16)11-20(12)10-13-4-5-14(17)8-15(13)18/h4-5,8,12,19H,2-3,6-7,9-11H2,1H3. The van der Waals surface area contributed by atoms with Gasteiger partial charge in [0, 0.05) is 41.3 Å². The van der Waals surface area contributed by atoms with Gasteiger partial charge in [0.25, 0.3) is 0 Å². The molecular formula is C16H22BrFN2. The molecule has 110 valence electrons. The van der Waals surface area contributed by atoms with Gasteiger partial charge in [0.05, 0.1) is 0 Å². The summed E-state index contributed by atoms with van der Waals surface area (Å²) in [6, 6.07) is 5.85. The number of rotatable bonds is 2. The van der Waals surface area contributed by atoms with Crippen molar-refractivity contribution in [3.8, 4) is 0 Å². The van der Waals surface area contributed by atoms with Crippen LogP contribution in [0.2, 0.25) is 0 Å². The minimum Gasteiger partial charge on any atom is -0.308 e. The second-order valence-corrected chi connectivity index (χ2v) is 7.27. The van der Waals surface area contributed by atoms with Gasteiger partial charge in [0.2, 0.25) is 0 Å². The van der Waals surface area contributed by atoms with Crippen LogP contribution in [0.1, 0.15) is 38.2 Å². The van der Waals surface area contributed by atoms with Crippen LogP contribution in [0.15, 0.2) is 22.7 Å². The average Bonchev–Trinajstić information content (AvgIpc) is 2.86. The summed E-state index contributed by atoms with van der Waals surface area (Å²) in [6.45, 7) is 5.00. The minimum absolute atomic E-state index is 0.106. The van der Waals surface area contributed by atoms with Gasteiger partial charge in [-0.1, -0.05) is 34.8 Å². The fraction of sp³-hybridized carbons (Fsp3) is 0.625. The van der Waals surface area contributed by atoms with Crippen molar-refractivity contribution in [2.75, 3.05) is 13.1 Å². The van der Waals surface area contributed by atoms with E-state index in [0.717, 1.165) is 23.1 Å². The number of nitrogens with one attached hydrogen (secondary N) is 1. The summed E-state index contributed by atoms with van der Waals surface area (Å²) in [5, 5.41) is 3.74. The van der Waals surface area contributed by atoms with Gasteiger partial charge in [-0.3, -0.25) is 4.90 Å². The Morgan fingerprint density at radius 1 is 1.40 bits per heavy atom. The Balaban J connectivity index is 1.74. The van der Waals surface area contributed by atoms with Crippen LogP contribution in [0, 0.1) is 5.82 Å². The highest BCUT2D eigenvalue weighted by atomic mass is 79.9. The van der Waals surface area contributed by atoms with Crippen molar-refractivity contribution >= 4 is 15.9 Å². The monoisotopic (exact) mass is 340 g/mol. The maximum atomic E-state index is 14.0. The Morgan fingerprint density at radius 2 is 2.15 bits per heavy atom. The topological polar surface area (TPSA) is 15.3 Å². The number of hydrogen-bond acceptors (Lipinski definition) is 2. The zero-order chi connectivity index (χ0) is 14.2. The number of hydrogen-bond donors (Lipinski definition) is 1. The van der Waals surface area contributed by atoms with Gasteiger partial charge in [0.1, 0.15) is 5.82 Å². The molecule has 20 heavy (non-hydrogen) atoms. The molecule has 4 heteroatoms. The first-order valence-electron chi connectivity index (χ1n) is 7.51. The first-order chi connectivity index (χ1) is 9.58. The van der Waals surface area contributed by atoms with Crippen molar-refractivity contribution in [3.63, 3.8) is 0 Å². The maximum Gasteiger partial charge on any atom is 0.128 e. The van der Waals surface area contributed by atoms with Gasteiger partial charge < -0.3 is 5.32 Å². The zero-order valence-corrected chi connectivity index (χ0v) is 13.5. The first-order valence-corrected chi connectivity index (χ1v) is 8.30. The molecule has 1 atom stereocenters. The lowest BCUT2D eigenvalue weighted by molar-refractivity contribution is 0.0817. The SMILES string of the molecule is CC1CNC2(CCCC2)CN1Cc1ccc(Br)cc1F. The van der Waals surface area contributed by atoms with Crippen molar-refractivity contribution in [3.05, 3.63) is 34.1 Å². The molecular weight excluding hydrogens is 319 g/mol. The zero-order valence-electron chi connectivity index (χ0n) is 12.0. The van der Waals surface area contributed by atoms with Gasteiger partial charge in [0.15, 0.2) is 0 Å². The Kier molecular flexibility index (Phi) is 4.16. The number of piperazine rings is 1. The van der Waals surface area contributed by atoms with Crippen LogP contribution < -0.4 is 5.32 Å². The lowest BCUT2D eigenvalue weighted by Gasteiger charge is -2.45. The minimum atomic E-state index is -0.106. The Bertz CT molecular complexity index is 485. The predicted molar refractivity (Wildman–Crippen MR) is 83.2 cm³/mol. The van der Waals surface area contributed by atoms with Gasteiger partial charge in [-0.05, 0) is 31.9 Å². The molecule has 0 bridgehead atoms. The van der Waals surface area contributed by atoms with Crippen LogP contribution in [0.3, 0.4) is 0 Å². The average molecular weight is 341 g/mol. The molecule has 1 aromatic carbocycles. The van der Waals surface area contributed by atoms with E-state index in [4.69, 9.17) is 0 Å². The smallest absolute Gasteiger partial charge is 0.128 e. The first kappa shape index (κ1) is 14.5. The third-order valence-electron chi connectivity index (χ3n) is 4.85. The third-order valence-corrected chi connectivity index (χ3v) is 5.34. The molecule has 2 fully saturated rings. The van der Waals surface area contributed by atoms with E-state index in [1.807, 2.05) is 12.1 Å². The molecule has 1 unspecified atom stereocenters. The second-order valence-electron chi connectivity index (χ2n) is 6.36. The quantitative estimate of drug-likeness (QED) is 0.883. The van der Waals surface area contributed by atoms with E-state index in [1.165, 1.54) is 25.7 Å². The molecule has 0 radical (unpaired) electrons. The third kappa shape index (κ3) is 2.92. The van der Waals surface area contributed by atoms with Crippen LogP contribution in [0.4, 0.5) is 4.39 Å². The molecule has 0 amide bonds. The van der Waals surface area contributed by atoms with Crippen molar-refractivity contribution in [2.24, 2.45) is 0 Å². The highest BCUT2D eigenvalue weighted by Gasteiger charge is 2.39. The van der Waals surface area contributed by atoms with Crippen molar-refractivity contribution in [2.45, 2.75) is 50.7 Å². The Morgan fingerprint density at radius 3 is 2.85 bits per heavy atom. The molecule has 1 heterocycles. The van der Waals surface area contributed by atoms with Gasteiger partial charge in [-0.25, -0.2) is 4.39 Å². The van der Waals surface area contributed by atoms with Gasteiger partial charge >= 0.3 is 0 Å². The molecule has 1 aliphatic carbocycles. The van der Waals surface area contributed by atoms with E-state index in [2.05, 4.69) is 33.1 Å². The Labute approximate surface area is 128 Å². The lowest BCUT2D eigenvalue weighted by Crippen LogP contribution is -2.62. The normalized spacial score (nSPS) is 26.2. The van der Waals surface area contributed by atoms with E-state index in [9.17, 15) is 4.39 Å². The fourth-order valence-corrected chi connectivity index (χ4v) is 3.89. The maximum absolute atomic E-state index is 14.0. The molecule has 2 aliphatic rings. The molecule has 1 saturated carbocycles. The van der Waals surface area contributed by atoms with E-state index < -0.39 is 0 Å². The summed E-state index contributed by atoms with van der Waals surface area (Å²) in [6.07, 6.45) is 5.17. The highest BCUT2D eigenvalue weighted by Crippen LogP contribution is 2.33. The molecule has 1 aromatic rings. The largest absolute Gasteiger partial charge is 0.308 e. The van der Waals surface area contributed by atoms with Crippen LogP contribution in [-0.4, -0.2) is 29.6 Å².